The third kappa shape index (κ3) is 10.3. The van der Waals surface area contributed by atoms with Crippen LogP contribution in [0.15, 0.2) is 84.9 Å². The van der Waals surface area contributed by atoms with Crippen molar-refractivity contribution in [2.75, 3.05) is 26.2 Å². The van der Waals surface area contributed by atoms with Crippen LogP contribution in [0.1, 0.15) is 47.9 Å². The van der Waals surface area contributed by atoms with Gasteiger partial charge in [0.2, 0.25) is 11.8 Å². The first-order valence-electron chi connectivity index (χ1n) is 14.8. The van der Waals surface area contributed by atoms with E-state index in [0.29, 0.717) is 13.1 Å². The highest BCUT2D eigenvalue weighted by atomic mass is 79.9. The van der Waals surface area contributed by atoms with E-state index in [1.807, 2.05) is 60.7 Å². The average Bonchev–Trinajstić information content (AvgIpc) is 3.01. The van der Waals surface area contributed by atoms with Crippen LogP contribution in [0.2, 0.25) is 0 Å². The highest BCUT2D eigenvalue weighted by Gasteiger charge is 2.27. The molecule has 3 aromatic rings. The van der Waals surface area contributed by atoms with Crippen molar-refractivity contribution in [2.24, 2.45) is 11.8 Å². The van der Waals surface area contributed by atoms with Gasteiger partial charge in [-0.1, -0.05) is 84.9 Å². The SMILES string of the molecule is Br.Br.O=C(NCc1ccccc1)C1CCCN(Cc2ccc(CN3CCCC(C(=O)NCc4ccccc4)C3)cc2)C1. The molecule has 2 fully saturated rings. The number of halogens is 2. The van der Waals surface area contributed by atoms with E-state index in [4.69, 9.17) is 0 Å². The first-order chi connectivity index (χ1) is 19.6. The van der Waals surface area contributed by atoms with Crippen LogP contribution < -0.4 is 10.6 Å². The van der Waals surface area contributed by atoms with Gasteiger partial charge in [-0.2, -0.15) is 0 Å². The minimum absolute atomic E-state index is 0. The molecule has 2 atom stereocenters. The van der Waals surface area contributed by atoms with E-state index in [0.717, 1.165) is 76.1 Å². The first-order valence-corrected chi connectivity index (χ1v) is 14.8. The summed E-state index contributed by atoms with van der Waals surface area (Å²) in [5.74, 6) is 0.428. The van der Waals surface area contributed by atoms with E-state index in [9.17, 15) is 9.59 Å². The summed E-state index contributed by atoms with van der Waals surface area (Å²) in [6, 6.07) is 29.1. The van der Waals surface area contributed by atoms with Gasteiger partial charge in [0.05, 0.1) is 11.8 Å². The number of hydrogen-bond acceptors (Lipinski definition) is 4. The van der Waals surface area contributed by atoms with Crippen molar-refractivity contribution in [1.29, 1.82) is 0 Å². The van der Waals surface area contributed by atoms with E-state index < -0.39 is 0 Å². The van der Waals surface area contributed by atoms with Gasteiger partial charge in [0.15, 0.2) is 0 Å². The summed E-state index contributed by atoms with van der Waals surface area (Å²) in [7, 11) is 0. The van der Waals surface area contributed by atoms with Gasteiger partial charge >= 0.3 is 0 Å². The standard InChI is InChI=1S/C34H42N4O2.2BrH/c39-33(35-21-27-9-3-1-4-10-27)31-13-7-19-37(25-31)23-29-15-17-30(18-16-29)24-38-20-8-14-32(26-38)34(40)36-22-28-11-5-2-6-12-28;;/h1-6,9-12,15-18,31-32H,7-8,13-14,19-26H2,(H,35,39)(H,36,40);2*1H. The van der Waals surface area contributed by atoms with Crippen LogP contribution in [0.4, 0.5) is 0 Å². The lowest BCUT2D eigenvalue weighted by Crippen LogP contribution is -2.42. The number of benzene rings is 3. The molecule has 2 aliphatic rings. The van der Waals surface area contributed by atoms with E-state index in [2.05, 4.69) is 44.7 Å². The Balaban J connectivity index is 0.00000242. The second kappa shape index (κ2) is 17.6. The molecule has 0 spiro atoms. The number of likely N-dealkylation sites (tertiary alicyclic amines) is 2. The van der Waals surface area contributed by atoms with Gasteiger partial charge in [-0.05, 0) is 61.0 Å². The summed E-state index contributed by atoms with van der Waals surface area (Å²) >= 11 is 0. The maximum atomic E-state index is 12.8. The summed E-state index contributed by atoms with van der Waals surface area (Å²) in [5.41, 5.74) is 4.84. The maximum absolute atomic E-state index is 12.8. The van der Waals surface area contributed by atoms with E-state index in [-0.39, 0.29) is 57.6 Å². The first kappa shape index (κ1) is 34.0. The molecule has 2 amide bonds. The van der Waals surface area contributed by atoms with Gasteiger partial charge in [0.25, 0.3) is 0 Å². The smallest absolute Gasteiger partial charge is 0.224 e. The van der Waals surface area contributed by atoms with Crippen molar-refractivity contribution in [3.8, 4) is 0 Å². The predicted octanol–water partition coefficient (Wildman–Crippen LogP) is 5.90. The number of hydrogen-bond donors (Lipinski definition) is 2. The van der Waals surface area contributed by atoms with Crippen molar-refractivity contribution in [1.82, 2.24) is 20.4 Å². The Morgan fingerprint density at radius 1 is 0.571 bits per heavy atom. The van der Waals surface area contributed by atoms with Crippen molar-refractivity contribution >= 4 is 45.8 Å². The van der Waals surface area contributed by atoms with Gasteiger partial charge in [-0.25, -0.2) is 0 Å². The second-order valence-electron chi connectivity index (χ2n) is 11.4. The monoisotopic (exact) mass is 698 g/mol. The van der Waals surface area contributed by atoms with Crippen LogP contribution in [0.25, 0.3) is 0 Å². The fourth-order valence-electron chi connectivity index (χ4n) is 5.95. The minimum Gasteiger partial charge on any atom is -0.352 e. The molecule has 3 aromatic carbocycles. The quantitative estimate of drug-likeness (QED) is 0.277. The zero-order valence-corrected chi connectivity index (χ0v) is 27.7. The molecule has 2 aliphatic heterocycles. The number of nitrogens with zero attached hydrogens (tertiary/aromatic N) is 2. The van der Waals surface area contributed by atoms with Crippen LogP contribution in [-0.2, 0) is 35.8 Å². The molecule has 42 heavy (non-hydrogen) atoms. The zero-order valence-electron chi connectivity index (χ0n) is 24.3. The Hall–Kier alpha value is -2.52. The number of amides is 2. The number of carbonyl (C=O) groups is 2. The van der Waals surface area contributed by atoms with Crippen LogP contribution in [0, 0.1) is 11.8 Å². The molecule has 8 heteroatoms. The predicted molar refractivity (Wildman–Crippen MR) is 180 cm³/mol. The highest BCUT2D eigenvalue weighted by Crippen LogP contribution is 2.21. The number of nitrogens with one attached hydrogen (secondary N) is 2. The van der Waals surface area contributed by atoms with Gasteiger partial charge in [-0.15, -0.1) is 34.0 Å². The van der Waals surface area contributed by atoms with E-state index >= 15 is 0 Å². The molecule has 0 aromatic heterocycles. The molecular weight excluding hydrogens is 656 g/mol. The molecule has 5 rings (SSSR count). The fourth-order valence-corrected chi connectivity index (χ4v) is 5.95. The highest BCUT2D eigenvalue weighted by molar-refractivity contribution is 8.93. The minimum atomic E-state index is 0. The maximum Gasteiger partial charge on any atom is 0.224 e. The lowest BCUT2D eigenvalue weighted by Gasteiger charge is -2.32. The van der Waals surface area contributed by atoms with E-state index in [1.54, 1.807) is 0 Å². The Labute approximate surface area is 271 Å². The van der Waals surface area contributed by atoms with Gasteiger partial charge in [0, 0.05) is 39.3 Å². The Kier molecular flexibility index (Phi) is 14.2. The van der Waals surface area contributed by atoms with Gasteiger partial charge in [-0.3, -0.25) is 19.4 Å². The van der Waals surface area contributed by atoms with E-state index in [1.165, 1.54) is 11.1 Å². The molecule has 0 radical (unpaired) electrons. The molecule has 226 valence electrons. The summed E-state index contributed by atoms with van der Waals surface area (Å²) < 4.78 is 0. The molecule has 6 nitrogen and oxygen atoms in total. The summed E-state index contributed by atoms with van der Waals surface area (Å²) in [5, 5.41) is 6.26. The number of piperidine rings is 2. The number of rotatable bonds is 10. The third-order valence-corrected chi connectivity index (χ3v) is 8.21. The lowest BCUT2D eigenvalue weighted by atomic mass is 9.96. The second-order valence-corrected chi connectivity index (χ2v) is 11.4. The normalized spacial score (nSPS) is 19.1. The Bertz CT molecular complexity index is 1130. The summed E-state index contributed by atoms with van der Waals surface area (Å²) in [4.78, 5) is 30.4. The number of carbonyl (C=O) groups excluding carboxylic acids is 2. The zero-order chi connectivity index (χ0) is 27.6. The van der Waals surface area contributed by atoms with Crippen LogP contribution >= 0.6 is 34.0 Å². The van der Waals surface area contributed by atoms with Gasteiger partial charge in [0.1, 0.15) is 0 Å². The molecule has 2 unspecified atom stereocenters. The Morgan fingerprint density at radius 3 is 1.33 bits per heavy atom. The van der Waals surface area contributed by atoms with Crippen LogP contribution in [-0.4, -0.2) is 47.8 Å². The third-order valence-electron chi connectivity index (χ3n) is 8.21. The molecular formula is C34H44Br2N4O2. The largest absolute Gasteiger partial charge is 0.352 e. The van der Waals surface area contributed by atoms with Crippen molar-refractivity contribution < 1.29 is 9.59 Å². The molecule has 2 saturated heterocycles. The summed E-state index contributed by atoms with van der Waals surface area (Å²) in [6.07, 6.45) is 4.02. The van der Waals surface area contributed by atoms with Crippen molar-refractivity contribution in [2.45, 2.75) is 51.9 Å². The van der Waals surface area contributed by atoms with Crippen molar-refractivity contribution in [3.63, 3.8) is 0 Å². The molecule has 2 N–H and O–H groups in total. The Morgan fingerprint density at radius 2 is 0.952 bits per heavy atom. The topological polar surface area (TPSA) is 64.7 Å². The molecule has 2 heterocycles. The molecule has 0 saturated carbocycles. The molecule has 0 bridgehead atoms. The van der Waals surface area contributed by atoms with Crippen molar-refractivity contribution in [3.05, 3.63) is 107 Å². The van der Waals surface area contributed by atoms with Crippen LogP contribution in [0.5, 0.6) is 0 Å². The van der Waals surface area contributed by atoms with Crippen LogP contribution in [0.3, 0.4) is 0 Å². The fraction of sp³-hybridized carbons (Fsp3) is 0.412. The summed E-state index contributed by atoms with van der Waals surface area (Å²) in [6.45, 7) is 6.61. The van der Waals surface area contributed by atoms with Gasteiger partial charge < -0.3 is 10.6 Å². The average molecular weight is 701 g/mol. The molecule has 0 aliphatic carbocycles. The lowest BCUT2D eigenvalue weighted by molar-refractivity contribution is -0.127.